The van der Waals surface area contributed by atoms with E-state index in [2.05, 4.69) is 10.5 Å². The number of benzene rings is 2. The molecule has 0 aliphatic heterocycles. The number of hydrazone groups is 1. The van der Waals surface area contributed by atoms with Crippen LogP contribution in [0.15, 0.2) is 35.4 Å². The van der Waals surface area contributed by atoms with Crippen LogP contribution < -0.4 is 11.2 Å². The van der Waals surface area contributed by atoms with E-state index in [4.69, 9.17) is 16.4 Å². The van der Waals surface area contributed by atoms with Gasteiger partial charge in [0.1, 0.15) is 11.8 Å². The van der Waals surface area contributed by atoms with Gasteiger partial charge in [-0.25, -0.2) is 0 Å². The summed E-state index contributed by atoms with van der Waals surface area (Å²) in [5.74, 6) is -0.193. The third-order valence-electron chi connectivity index (χ3n) is 2.88. The SMILES string of the molecule is Cc1ccc2c(N/N=C(\C#N)C(=N)N)cccc2c1O. The van der Waals surface area contributed by atoms with E-state index in [1.165, 1.54) is 0 Å². The zero-order valence-electron chi connectivity index (χ0n) is 10.8. The maximum absolute atomic E-state index is 10.0. The number of nitrogens with one attached hydrogen (secondary N) is 2. The summed E-state index contributed by atoms with van der Waals surface area (Å²) in [6.45, 7) is 1.82. The Morgan fingerprint density at radius 1 is 1.35 bits per heavy atom. The van der Waals surface area contributed by atoms with E-state index >= 15 is 0 Å². The predicted molar refractivity (Wildman–Crippen MR) is 78.9 cm³/mol. The van der Waals surface area contributed by atoms with Crippen molar-refractivity contribution in [2.45, 2.75) is 6.92 Å². The predicted octanol–water partition coefficient (Wildman–Crippen LogP) is 2.08. The van der Waals surface area contributed by atoms with Crippen LogP contribution in [0.2, 0.25) is 0 Å². The molecule has 5 N–H and O–H groups in total. The number of aromatic hydroxyl groups is 1. The fourth-order valence-corrected chi connectivity index (χ4v) is 1.81. The molecule has 0 radical (unpaired) electrons. The number of hydrogen-bond acceptors (Lipinski definition) is 5. The molecular weight excluding hydrogens is 254 g/mol. The molecule has 0 saturated carbocycles. The van der Waals surface area contributed by atoms with Gasteiger partial charge >= 0.3 is 0 Å². The molecule has 0 atom stereocenters. The van der Waals surface area contributed by atoms with Crippen molar-refractivity contribution in [1.29, 1.82) is 10.7 Å². The maximum atomic E-state index is 10.0. The normalized spacial score (nSPS) is 11.1. The number of aryl methyl sites for hydroxylation is 1. The van der Waals surface area contributed by atoms with Crippen LogP contribution in [-0.2, 0) is 0 Å². The highest BCUT2D eigenvalue weighted by atomic mass is 16.3. The summed E-state index contributed by atoms with van der Waals surface area (Å²) in [7, 11) is 0. The Balaban J connectivity index is 2.49. The number of nitriles is 1. The number of phenols is 1. The van der Waals surface area contributed by atoms with Crippen molar-refractivity contribution in [3.05, 3.63) is 35.9 Å². The second-order valence-electron chi connectivity index (χ2n) is 4.23. The Bertz CT molecular complexity index is 758. The van der Waals surface area contributed by atoms with Crippen molar-refractivity contribution in [2.75, 3.05) is 5.43 Å². The Hall–Kier alpha value is -3.07. The topological polar surface area (TPSA) is 118 Å². The van der Waals surface area contributed by atoms with E-state index < -0.39 is 5.84 Å². The highest BCUT2D eigenvalue weighted by Crippen LogP contribution is 2.32. The van der Waals surface area contributed by atoms with Gasteiger partial charge < -0.3 is 10.8 Å². The van der Waals surface area contributed by atoms with Gasteiger partial charge in [0.25, 0.3) is 0 Å². The Kier molecular flexibility index (Phi) is 3.53. The first-order valence-electron chi connectivity index (χ1n) is 5.84. The van der Waals surface area contributed by atoms with Crippen molar-refractivity contribution in [3.8, 4) is 11.8 Å². The molecule has 0 spiro atoms. The van der Waals surface area contributed by atoms with Crippen molar-refractivity contribution >= 4 is 28.0 Å². The van der Waals surface area contributed by atoms with Crippen molar-refractivity contribution in [3.63, 3.8) is 0 Å². The molecule has 0 amide bonds. The highest BCUT2D eigenvalue weighted by Gasteiger charge is 2.07. The quantitative estimate of drug-likeness (QED) is 0.386. The molecule has 0 bridgehead atoms. The first-order valence-corrected chi connectivity index (χ1v) is 5.84. The fraction of sp³-hybridized carbons (Fsp3) is 0.0714. The summed E-state index contributed by atoms with van der Waals surface area (Å²) in [6.07, 6.45) is 0. The van der Waals surface area contributed by atoms with Gasteiger partial charge in [0.2, 0.25) is 5.71 Å². The zero-order valence-corrected chi connectivity index (χ0v) is 10.8. The van der Waals surface area contributed by atoms with Crippen LogP contribution in [0, 0.1) is 23.7 Å². The number of nitrogens with two attached hydrogens (primary N) is 1. The van der Waals surface area contributed by atoms with Gasteiger partial charge in [-0.2, -0.15) is 10.4 Å². The van der Waals surface area contributed by atoms with E-state index in [1.54, 1.807) is 30.3 Å². The number of rotatable bonds is 3. The molecule has 0 heterocycles. The minimum atomic E-state index is -0.404. The molecule has 2 aromatic carbocycles. The van der Waals surface area contributed by atoms with Crippen molar-refractivity contribution in [1.82, 2.24) is 0 Å². The third-order valence-corrected chi connectivity index (χ3v) is 2.88. The van der Waals surface area contributed by atoms with Crippen LogP contribution in [0.3, 0.4) is 0 Å². The second-order valence-corrected chi connectivity index (χ2v) is 4.23. The molecule has 100 valence electrons. The Labute approximate surface area is 115 Å². The number of nitrogens with zero attached hydrogens (tertiary/aromatic N) is 2. The molecule has 0 aliphatic carbocycles. The summed E-state index contributed by atoms with van der Waals surface area (Å²) in [4.78, 5) is 0. The zero-order chi connectivity index (χ0) is 14.7. The van der Waals surface area contributed by atoms with Gasteiger partial charge in [-0.3, -0.25) is 10.8 Å². The van der Waals surface area contributed by atoms with Crippen molar-refractivity contribution < 1.29 is 5.11 Å². The van der Waals surface area contributed by atoms with Gasteiger partial charge in [0.15, 0.2) is 5.84 Å². The summed E-state index contributed by atoms with van der Waals surface area (Å²) >= 11 is 0. The molecule has 20 heavy (non-hydrogen) atoms. The monoisotopic (exact) mass is 267 g/mol. The lowest BCUT2D eigenvalue weighted by atomic mass is 10.0. The number of phenolic OH excluding ortho intramolecular Hbond substituents is 1. The second kappa shape index (κ2) is 5.28. The average molecular weight is 267 g/mol. The molecule has 0 fully saturated rings. The van der Waals surface area contributed by atoms with Crippen LogP contribution in [0.5, 0.6) is 5.75 Å². The molecule has 6 heteroatoms. The van der Waals surface area contributed by atoms with E-state index in [0.29, 0.717) is 11.1 Å². The minimum absolute atomic E-state index is 0.196. The fourth-order valence-electron chi connectivity index (χ4n) is 1.81. The van der Waals surface area contributed by atoms with Gasteiger partial charge in [0.05, 0.1) is 5.69 Å². The number of hydrogen-bond donors (Lipinski definition) is 4. The van der Waals surface area contributed by atoms with Crippen LogP contribution in [-0.4, -0.2) is 16.7 Å². The van der Waals surface area contributed by atoms with Crippen LogP contribution in [0.4, 0.5) is 5.69 Å². The van der Waals surface area contributed by atoms with Gasteiger partial charge in [0, 0.05) is 10.8 Å². The number of fused-ring (bicyclic) bond motifs is 1. The lowest BCUT2D eigenvalue weighted by Gasteiger charge is -2.09. The lowest BCUT2D eigenvalue weighted by molar-refractivity contribution is 0.477. The Morgan fingerprint density at radius 2 is 2.10 bits per heavy atom. The van der Waals surface area contributed by atoms with Crippen LogP contribution in [0.1, 0.15) is 5.56 Å². The average Bonchev–Trinajstić information content (AvgIpc) is 2.43. The van der Waals surface area contributed by atoms with Crippen molar-refractivity contribution in [2.24, 2.45) is 10.8 Å². The molecule has 0 unspecified atom stereocenters. The van der Waals surface area contributed by atoms with E-state index in [9.17, 15) is 5.11 Å². The van der Waals surface area contributed by atoms with E-state index in [-0.39, 0.29) is 11.5 Å². The van der Waals surface area contributed by atoms with E-state index in [0.717, 1.165) is 10.9 Å². The van der Waals surface area contributed by atoms with E-state index in [1.807, 2.05) is 13.0 Å². The molecule has 0 aromatic heterocycles. The summed E-state index contributed by atoms with van der Waals surface area (Å²) in [6, 6.07) is 10.7. The largest absolute Gasteiger partial charge is 0.507 e. The van der Waals surface area contributed by atoms with Crippen LogP contribution >= 0.6 is 0 Å². The molecular formula is C14H13N5O. The van der Waals surface area contributed by atoms with Gasteiger partial charge in [-0.1, -0.05) is 24.3 Å². The number of amidine groups is 1. The molecule has 0 saturated heterocycles. The molecule has 0 aliphatic rings. The summed E-state index contributed by atoms with van der Waals surface area (Å²) < 4.78 is 0. The van der Waals surface area contributed by atoms with Gasteiger partial charge in [-0.05, 0) is 18.6 Å². The Morgan fingerprint density at radius 3 is 2.75 bits per heavy atom. The van der Waals surface area contributed by atoms with Gasteiger partial charge in [-0.15, -0.1) is 0 Å². The highest BCUT2D eigenvalue weighted by molar-refractivity contribution is 6.45. The summed E-state index contributed by atoms with van der Waals surface area (Å²) in [5.41, 5.74) is 9.12. The van der Waals surface area contributed by atoms with Crippen LogP contribution in [0.25, 0.3) is 10.8 Å². The smallest absolute Gasteiger partial charge is 0.201 e. The third kappa shape index (κ3) is 2.37. The molecule has 2 rings (SSSR count). The lowest BCUT2D eigenvalue weighted by Crippen LogP contribution is -2.21. The first kappa shape index (κ1) is 13.4. The standard InChI is InChI=1S/C14H13N5O/c1-8-5-6-9-10(13(8)20)3-2-4-11(9)18-19-12(7-15)14(16)17/h2-6,18,20H,1H3,(H3,16,17)/b19-12+. The summed E-state index contributed by atoms with van der Waals surface area (Å²) in [5, 5.41) is 31.2. The molecule has 6 nitrogen and oxygen atoms in total. The molecule has 2 aromatic rings. The first-order chi connectivity index (χ1) is 9.54. The minimum Gasteiger partial charge on any atom is -0.507 e. The number of anilines is 1. The maximum Gasteiger partial charge on any atom is 0.201 e.